The summed E-state index contributed by atoms with van der Waals surface area (Å²) in [6.45, 7) is 4.86. The molecule has 3 aromatic rings. The molecule has 1 aromatic carbocycles. The summed E-state index contributed by atoms with van der Waals surface area (Å²) in [6, 6.07) is 8.03. The molecule has 0 aliphatic rings. The number of nitrogens with zero attached hydrogens (tertiary/aromatic N) is 3. The van der Waals surface area contributed by atoms with Gasteiger partial charge in [-0.25, -0.2) is 9.97 Å². The van der Waals surface area contributed by atoms with Gasteiger partial charge in [0.15, 0.2) is 5.82 Å². The number of pyridine rings is 1. The predicted molar refractivity (Wildman–Crippen MR) is 87.1 cm³/mol. The normalized spacial score (nSPS) is 11.5. The summed E-state index contributed by atoms with van der Waals surface area (Å²) in [7, 11) is 0. The summed E-state index contributed by atoms with van der Waals surface area (Å²) >= 11 is 0. The maximum absolute atomic E-state index is 6.12. The molecule has 0 aliphatic carbocycles. The Balaban J connectivity index is 2.27. The van der Waals surface area contributed by atoms with E-state index < -0.39 is 0 Å². The molecule has 6 heteroatoms. The first kappa shape index (κ1) is 14.7. The zero-order chi connectivity index (χ0) is 15.5. The molecule has 0 spiro atoms. The second-order valence-electron chi connectivity index (χ2n) is 5.24. The summed E-state index contributed by atoms with van der Waals surface area (Å²) in [5.41, 5.74) is 12.8. The number of quaternary nitrogens is 1. The molecule has 0 aliphatic heterocycles. The molecule has 5 N–H and O–H groups in total. The number of anilines is 1. The molecule has 0 saturated carbocycles. The Kier molecular flexibility index (Phi) is 4.22. The van der Waals surface area contributed by atoms with Crippen molar-refractivity contribution in [2.45, 2.75) is 26.5 Å². The lowest BCUT2D eigenvalue weighted by Crippen LogP contribution is -2.50. The molecule has 0 unspecified atom stereocenters. The third-order valence-electron chi connectivity index (χ3n) is 3.76. The number of imidazole rings is 1. The average Bonchev–Trinajstić information content (AvgIpc) is 2.90. The van der Waals surface area contributed by atoms with Crippen LogP contribution in [0.1, 0.15) is 19.2 Å². The molecule has 116 valence electrons. The van der Waals surface area contributed by atoms with Crippen LogP contribution >= 0.6 is 0 Å². The Morgan fingerprint density at radius 2 is 2.09 bits per heavy atom. The second kappa shape index (κ2) is 6.29. The van der Waals surface area contributed by atoms with Gasteiger partial charge in [0.1, 0.15) is 17.9 Å². The van der Waals surface area contributed by atoms with Gasteiger partial charge in [-0.05, 0) is 13.0 Å². The van der Waals surface area contributed by atoms with Gasteiger partial charge >= 0.3 is 0 Å². The van der Waals surface area contributed by atoms with E-state index >= 15 is 0 Å². The highest BCUT2D eigenvalue weighted by Crippen LogP contribution is 2.29. The lowest BCUT2D eigenvalue weighted by Gasteiger charge is -2.09. The fraction of sp³-hybridized carbons (Fsp3) is 0.375. The van der Waals surface area contributed by atoms with Gasteiger partial charge in [0, 0.05) is 25.0 Å². The van der Waals surface area contributed by atoms with Crippen LogP contribution in [0.2, 0.25) is 0 Å². The van der Waals surface area contributed by atoms with E-state index in [0.29, 0.717) is 19.0 Å². The lowest BCUT2D eigenvalue weighted by atomic mass is 10.2. The SMILES string of the molecule is CCOCc1nc2c(N)nc3ccccc3c2n1CCC[NH3+]. The first-order chi connectivity index (χ1) is 10.8. The lowest BCUT2D eigenvalue weighted by molar-refractivity contribution is -0.368. The van der Waals surface area contributed by atoms with E-state index in [9.17, 15) is 0 Å². The number of fused-ring (bicyclic) bond motifs is 3. The van der Waals surface area contributed by atoms with Crippen molar-refractivity contribution in [1.82, 2.24) is 14.5 Å². The van der Waals surface area contributed by atoms with Crippen LogP contribution in [-0.4, -0.2) is 27.7 Å². The Morgan fingerprint density at radius 3 is 2.86 bits per heavy atom. The standard InChI is InChI=1S/C16H21N5O/c1-2-22-10-13-20-14-15(21(13)9-5-8-17)11-6-3-4-7-12(11)19-16(14)18/h3-4,6-7H,2,5,8-10,17H2,1H3,(H2,18,19)/p+1. The zero-order valence-electron chi connectivity index (χ0n) is 12.9. The molecule has 0 saturated heterocycles. The largest absolute Gasteiger partial charge is 0.382 e. The van der Waals surface area contributed by atoms with E-state index in [2.05, 4.69) is 26.3 Å². The fourth-order valence-electron chi connectivity index (χ4n) is 2.72. The van der Waals surface area contributed by atoms with Crippen LogP contribution in [0.4, 0.5) is 5.82 Å². The summed E-state index contributed by atoms with van der Waals surface area (Å²) in [5, 5.41) is 1.08. The highest BCUT2D eigenvalue weighted by molar-refractivity contribution is 6.06. The number of aryl methyl sites for hydroxylation is 1. The molecule has 22 heavy (non-hydrogen) atoms. The van der Waals surface area contributed by atoms with Gasteiger partial charge in [-0.15, -0.1) is 0 Å². The van der Waals surface area contributed by atoms with E-state index in [1.165, 1.54) is 0 Å². The van der Waals surface area contributed by atoms with Crippen LogP contribution in [0.25, 0.3) is 21.9 Å². The van der Waals surface area contributed by atoms with Gasteiger partial charge in [-0.2, -0.15) is 0 Å². The molecule has 0 radical (unpaired) electrons. The van der Waals surface area contributed by atoms with E-state index in [1.54, 1.807) is 0 Å². The Morgan fingerprint density at radius 1 is 1.27 bits per heavy atom. The maximum Gasteiger partial charge on any atom is 0.152 e. The van der Waals surface area contributed by atoms with Crippen molar-refractivity contribution in [2.75, 3.05) is 18.9 Å². The quantitative estimate of drug-likeness (QED) is 0.718. The molecule has 6 nitrogen and oxygen atoms in total. The van der Waals surface area contributed by atoms with Crippen molar-refractivity contribution < 1.29 is 10.5 Å². The van der Waals surface area contributed by atoms with Crippen molar-refractivity contribution in [2.24, 2.45) is 0 Å². The number of ether oxygens (including phenoxy) is 1. The van der Waals surface area contributed by atoms with Crippen molar-refractivity contribution in [3.8, 4) is 0 Å². The number of nitrogen functional groups attached to an aromatic ring is 1. The number of benzene rings is 1. The highest BCUT2D eigenvalue weighted by Gasteiger charge is 2.16. The Hall–Kier alpha value is -2.18. The summed E-state index contributed by atoms with van der Waals surface area (Å²) in [5.74, 6) is 1.37. The number of rotatable bonds is 6. The molecule has 0 amide bonds. The van der Waals surface area contributed by atoms with Crippen molar-refractivity contribution >= 4 is 27.8 Å². The monoisotopic (exact) mass is 300 g/mol. The minimum absolute atomic E-state index is 0.472. The number of hydrogen-bond acceptors (Lipinski definition) is 4. The average molecular weight is 300 g/mol. The number of nitrogens with two attached hydrogens (primary N) is 1. The number of aromatic nitrogens is 3. The van der Waals surface area contributed by atoms with Crippen LogP contribution in [0.3, 0.4) is 0 Å². The highest BCUT2D eigenvalue weighted by atomic mass is 16.5. The fourth-order valence-corrected chi connectivity index (χ4v) is 2.72. The van der Waals surface area contributed by atoms with Crippen LogP contribution in [0.15, 0.2) is 24.3 Å². The Labute approximate surface area is 129 Å². The van der Waals surface area contributed by atoms with Gasteiger partial charge in [0.2, 0.25) is 0 Å². The van der Waals surface area contributed by atoms with E-state index in [-0.39, 0.29) is 0 Å². The van der Waals surface area contributed by atoms with E-state index in [4.69, 9.17) is 10.5 Å². The van der Waals surface area contributed by atoms with Crippen LogP contribution in [-0.2, 0) is 17.9 Å². The van der Waals surface area contributed by atoms with Gasteiger partial charge in [-0.1, -0.05) is 18.2 Å². The topological polar surface area (TPSA) is 93.6 Å². The molecular weight excluding hydrogens is 278 g/mol. The molecule has 0 bridgehead atoms. The summed E-state index contributed by atoms with van der Waals surface area (Å²) in [6.07, 6.45) is 0.987. The van der Waals surface area contributed by atoms with Gasteiger partial charge < -0.3 is 20.8 Å². The molecule has 0 fully saturated rings. The van der Waals surface area contributed by atoms with Crippen molar-refractivity contribution in [3.63, 3.8) is 0 Å². The van der Waals surface area contributed by atoms with Gasteiger partial charge in [-0.3, -0.25) is 0 Å². The van der Waals surface area contributed by atoms with Crippen molar-refractivity contribution in [3.05, 3.63) is 30.1 Å². The van der Waals surface area contributed by atoms with Gasteiger partial charge in [0.25, 0.3) is 0 Å². The third-order valence-corrected chi connectivity index (χ3v) is 3.76. The first-order valence-electron chi connectivity index (χ1n) is 7.66. The van der Waals surface area contributed by atoms with Crippen molar-refractivity contribution in [1.29, 1.82) is 0 Å². The molecule has 2 aromatic heterocycles. The third kappa shape index (κ3) is 2.51. The second-order valence-corrected chi connectivity index (χ2v) is 5.24. The maximum atomic E-state index is 6.12. The minimum Gasteiger partial charge on any atom is -0.382 e. The van der Waals surface area contributed by atoms with Crippen LogP contribution < -0.4 is 11.5 Å². The number of para-hydroxylation sites is 1. The molecule has 3 rings (SSSR count). The van der Waals surface area contributed by atoms with Crippen LogP contribution in [0, 0.1) is 0 Å². The molecular formula is C16H22N5O+. The Bertz CT molecular complexity index is 796. The minimum atomic E-state index is 0.472. The summed E-state index contributed by atoms with van der Waals surface area (Å²) < 4.78 is 7.77. The number of hydrogen-bond donors (Lipinski definition) is 2. The van der Waals surface area contributed by atoms with E-state index in [1.807, 2.05) is 25.1 Å². The van der Waals surface area contributed by atoms with E-state index in [0.717, 1.165) is 47.3 Å². The zero-order valence-corrected chi connectivity index (χ0v) is 12.9. The van der Waals surface area contributed by atoms with Gasteiger partial charge in [0.05, 0.1) is 17.6 Å². The molecule has 2 heterocycles. The summed E-state index contributed by atoms with van der Waals surface area (Å²) in [4.78, 5) is 9.15. The smallest absolute Gasteiger partial charge is 0.152 e. The van der Waals surface area contributed by atoms with Crippen LogP contribution in [0.5, 0.6) is 0 Å². The first-order valence-corrected chi connectivity index (χ1v) is 7.66. The molecule has 0 atom stereocenters. The predicted octanol–water partition coefficient (Wildman–Crippen LogP) is 1.34.